The van der Waals surface area contributed by atoms with Gasteiger partial charge in [0.25, 0.3) is 5.78 Å². The minimum absolute atomic E-state index is 0.0157. The van der Waals surface area contributed by atoms with Crippen LogP contribution in [-0.4, -0.2) is 46.2 Å². The molecular weight excluding hydrogens is 470 g/mol. The van der Waals surface area contributed by atoms with Crippen LogP contribution < -0.4 is 9.64 Å². The number of anilines is 1. The number of rotatable bonds is 4. The number of nitrogens with zero attached hydrogens (tertiary/aromatic N) is 3. The Morgan fingerprint density at radius 2 is 1.86 bits per heavy atom. The number of carbonyl (C=O) groups excluding carboxylic acids is 3. The van der Waals surface area contributed by atoms with Crippen LogP contribution in [0.3, 0.4) is 0 Å². The molecule has 2 aromatic carbocycles. The van der Waals surface area contributed by atoms with Crippen LogP contribution in [-0.2, 0) is 20.7 Å². The van der Waals surface area contributed by atoms with E-state index in [0.717, 1.165) is 22.6 Å². The third kappa shape index (κ3) is 3.85. The number of carbonyl (C=O) groups is 3. The minimum atomic E-state index is -0.961. The number of aliphatic hydroxyl groups is 1. The molecule has 3 aromatic rings. The molecule has 1 amide bonds. The van der Waals surface area contributed by atoms with E-state index in [1.807, 2.05) is 6.92 Å². The Balaban J connectivity index is 1.66. The van der Waals surface area contributed by atoms with Crippen LogP contribution in [0.15, 0.2) is 48.0 Å². The van der Waals surface area contributed by atoms with Gasteiger partial charge < -0.3 is 14.6 Å². The lowest BCUT2D eigenvalue weighted by atomic mass is 9.94. The Labute approximate surface area is 204 Å². The number of aryl methyl sites for hydroxylation is 1. The number of esters is 1. The zero-order chi connectivity index (χ0) is 24.9. The first-order chi connectivity index (χ1) is 16.8. The number of aliphatic hydroxyl groups excluding tert-OH is 1. The number of hydrogen-bond acceptors (Lipinski definition) is 9. The van der Waals surface area contributed by atoms with E-state index in [0.29, 0.717) is 28.1 Å². The lowest BCUT2D eigenvalue weighted by Crippen LogP contribution is -2.29. The van der Waals surface area contributed by atoms with E-state index in [9.17, 15) is 19.5 Å². The topological polar surface area (TPSA) is 119 Å². The quantitative estimate of drug-likeness (QED) is 0.255. The van der Waals surface area contributed by atoms with Crippen molar-refractivity contribution >= 4 is 39.9 Å². The molecule has 1 aromatic heterocycles. The first-order valence-electron chi connectivity index (χ1n) is 10.9. The maximum absolute atomic E-state index is 13.3. The molecule has 1 fully saturated rings. The zero-order valence-electron chi connectivity index (χ0n) is 19.1. The van der Waals surface area contributed by atoms with Crippen molar-refractivity contribution in [2.24, 2.45) is 0 Å². The minimum Gasteiger partial charge on any atom is -0.507 e. The maximum Gasteiger partial charge on any atom is 0.337 e. The summed E-state index contributed by atoms with van der Waals surface area (Å²) in [6, 6.07) is 10.5. The Kier molecular flexibility index (Phi) is 5.60. The monoisotopic (exact) mass is 491 g/mol. The van der Waals surface area contributed by atoms with Crippen LogP contribution in [0.4, 0.5) is 5.13 Å². The van der Waals surface area contributed by atoms with Gasteiger partial charge in [-0.1, -0.05) is 23.5 Å². The molecule has 178 valence electrons. The number of fused-ring (bicyclic) bond motifs is 1. The molecule has 1 saturated heterocycles. The standard InChI is InChI=1S/C25H21N3O6S/c1-12-10-17-11-16(8-9-18(17)34-12)21(29)19-20(14-4-6-15(7-5-14)24(32)33-3)28(23(31)22(19)30)25-27-26-13(2)35-25/h4-9,11-12,20,29H,10H2,1-3H3. The number of hydrogen-bond donors (Lipinski definition) is 1. The highest BCUT2D eigenvalue weighted by Crippen LogP contribution is 2.43. The Hall–Kier alpha value is -4.05. The van der Waals surface area contributed by atoms with E-state index in [1.54, 1.807) is 49.4 Å². The number of benzene rings is 2. The fourth-order valence-corrected chi connectivity index (χ4v) is 5.09. The van der Waals surface area contributed by atoms with Crippen LogP contribution in [0.25, 0.3) is 5.76 Å². The maximum atomic E-state index is 13.3. The molecule has 2 unspecified atom stereocenters. The highest BCUT2D eigenvalue weighted by atomic mass is 32.1. The largest absolute Gasteiger partial charge is 0.507 e. The van der Waals surface area contributed by atoms with Gasteiger partial charge in [-0.2, -0.15) is 0 Å². The molecule has 0 spiro atoms. The van der Waals surface area contributed by atoms with Crippen LogP contribution in [0.1, 0.15) is 45.0 Å². The van der Waals surface area contributed by atoms with Crippen molar-refractivity contribution in [3.05, 3.63) is 75.3 Å². The number of aromatic nitrogens is 2. The molecule has 10 heteroatoms. The van der Waals surface area contributed by atoms with E-state index in [2.05, 4.69) is 10.2 Å². The third-order valence-electron chi connectivity index (χ3n) is 5.98. The molecule has 0 aliphatic carbocycles. The summed E-state index contributed by atoms with van der Waals surface area (Å²) in [6.07, 6.45) is 0.690. The highest BCUT2D eigenvalue weighted by Gasteiger charge is 2.48. The first kappa shape index (κ1) is 22.7. The van der Waals surface area contributed by atoms with Crippen molar-refractivity contribution in [3.8, 4) is 5.75 Å². The molecule has 2 aliphatic rings. The Morgan fingerprint density at radius 3 is 2.51 bits per heavy atom. The third-order valence-corrected chi connectivity index (χ3v) is 6.82. The Bertz CT molecular complexity index is 1390. The molecule has 1 N–H and O–H groups in total. The average Bonchev–Trinajstić information content (AvgIpc) is 3.52. The predicted molar refractivity (Wildman–Crippen MR) is 127 cm³/mol. The SMILES string of the molecule is COC(=O)c1ccc(C2C(=C(O)c3ccc4c(c3)CC(C)O4)C(=O)C(=O)N2c2nnc(C)s2)cc1. The van der Waals surface area contributed by atoms with Crippen LogP contribution >= 0.6 is 11.3 Å². The summed E-state index contributed by atoms with van der Waals surface area (Å²) in [5.74, 6) is -1.73. The summed E-state index contributed by atoms with van der Waals surface area (Å²) in [5, 5.41) is 20.2. The number of ether oxygens (including phenoxy) is 2. The molecule has 5 rings (SSSR count). The van der Waals surface area contributed by atoms with Gasteiger partial charge in [0.1, 0.15) is 22.6 Å². The first-order valence-corrected chi connectivity index (χ1v) is 11.7. The summed E-state index contributed by atoms with van der Waals surface area (Å²) >= 11 is 1.16. The number of ketones is 1. The number of amides is 1. The zero-order valence-corrected chi connectivity index (χ0v) is 20.0. The molecule has 9 nitrogen and oxygen atoms in total. The highest BCUT2D eigenvalue weighted by molar-refractivity contribution is 7.15. The van der Waals surface area contributed by atoms with Gasteiger partial charge in [-0.25, -0.2) is 4.79 Å². The summed E-state index contributed by atoms with van der Waals surface area (Å²) in [4.78, 5) is 39.6. The molecule has 2 atom stereocenters. The van der Waals surface area contributed by atoms with E-state index >= 15 is 0 Å². The van der Waals surface area contributed by atoms with E-state index in [1.165, 1.54) is 12.0 Å². The predicted octanol–water partition coefficient (Wildman–Crippen LogP) is 3.58. The van der Waals surface area contributed by atoms with Crippen LogP contribution in [0.2, 0.25) is 0 Å². The second kappa shape index (κ2) is 8.62. The van der Waals surface area contributed by atoms with Crippen molar-refractivity contribution < 1.29 is 29.0 Å². The second-order valence-corrected chi connectivity index (χ2v) is 9.50. The number of Topliss-reactive ketones (excluding diaryl/α,β-unsaturated/α-hetero) is 1. The lowest BCUT2D eigenvalue weighted by molar-refractivity contribution is -0.132. The smallest absolute Gasteiger partial charge is 0.337 e. The fourth-order valence-electron chi connectivity index (χ4n) is 4.37. The molecule has 3 heterocycles. The molecule has 0 bridgehead atoms. The van der Waals surface area contributed by atoms with Crippen LogP contribution in [0.5, 0.6) is 5.75 Å². The van der Waals surface area contributed by atoms with Crippen molar-refractivity contribution in [1.29, 1.82) is 0 Å². The fraction of sp³-hybridized carbons (Fsp3) is 0.240. The summed E-state index contributed by atoms with van der Waals surface area (Å²) < 4.78 is 10.5. The second-order valence-electron chi connectivity index (χ2n) is 8.34. The van der Waals surface area contributed by atoms with Gasteiger partial charge in [-0.3, -0.25) is 14.5 Å². The molecule has 35 heavy (non-hydrogen) atoms. The lowest BCUT2D eigenvalue weighted by Gasteiger charge is -2.22. The van der Waals surface area contributed by atoms with E-state index in [4.69, 9.17) is 9.47 Å². The normalized spacial score (nSPS) is 20.6. The van der Waals surface area contributed by atoms with Gasteiger partial charge in [0, 0.05) is 12.0 Å². The van der Waals surface area contributed by atoms with Crippen molar-refractivity contribution in [3.63, 3.8) is 0 Å². The van der Waals surface area contributed by atoms with Gasteiger partial charge in [0.05, 0.1) is 24.3 Å². The van der Waals surface area contributed by atoms with Gasteiger partial charge >= 0.3 is 11.9 Å². The summed E-state index contributed by atoms with van der Waals surface area (Å²) in [5.41, 5.74) is 2.08. The number of methoxy groups -OCH3 is 1. The van der Waals surface area contributed by atoms with E-state index < -0.39 is 23.7 Å². The average molecular weight is 492 g/mol. The van der Waals surface area contributed by atoms with Crippen molar-refractivity contribution in [2.45, 2.75) is 32.4 Å². The van der Waals surface area contributed by atoms with Gasteiger partial charge in [0.2, 0.25) is 5.13 Å². The van der Waals surface area contributed by atoms with Crippen molar-refractivity contribution in [2.75, 3.05) is 12.0 Å². The molecule has 0 radical (unpaired) electrons. The Morgan fingerprint density at radius 1 is 1.14 bits per heavy atom. The van der Waals surface area contributed by atoms with Gasteiger partial charge in [-0.05, 0) is 55.3 Å². The van der Waals surface area contributed by atoms with Gasteiger partial charge in [-0.15, -0.1) is 10.2 Å². The van der Waals surface area contributed by atoms with Crippen LogP contribution in [0, 0.1) is 6.92 Å². The van der Waals surface area contributed by atoms with Gasteiger partial charge in [0.15, 0.2) is 0 Å². The van der Waals surface area contributed by atoms with Crippen molar-refractivity contribution in [1.82, 2.24) is 10.2 Å². The van der Waals surface area contributed by atoms with E-state index in [-0.39, 0.29) is 22.6 Å². The summed E-state index contributed by atoms with van der Waals surface area (Å²) in [7, 11) is 1.28. The summed E-state index contributed by atoms with van der Waals surface area (Å²) in [6.45, 7) is 3.69. The molecule has 0 saturated carbocycles. The molecule has 2 aliphatic heterocycles. The molecular formula is C25H21N3O6S.